The molecule has 250 valence electrons. The number of benzene rings is 1. The monoisotopic (exact) mass is 637 g/mol. The number of aromatic nitrogens is 1. The standard InChI is InChI=1S/C31H43NO13/c1-26(33)45-29-7-3-2-6-28(29)31(35)44-24-22-42-20-18-40-16-14-38-12-10-36-9-11-37-13-15-39-17-19-41-21-23-43-30(34)27-5-4-8-32-25-27/h2-8,25H,9-24H2,1H3. The van der Waals surface area contributed by atoms with Crippen LogP contribution in [0.4, 0.5) is 0 Å². The smallest absolute Gasteiger partial charge is 0.342 e. The maximum atomic E-state index is 12.2. The van der Waals surface area contributed by atoms with Gasteiger partial charge in [-0.15, -0.1) is 0 Å². The first-order chi connectivity index (χ1) is 22.1. The van der Waals surface area contributed by atoms with E-state index in [4.69, 9.17) is 47.4 Å². The van der Waals surface area contributed by atoms with Crippen molar-refractivity contribution in [2.24, 2.45) is 0 Å². The summed E-state index contributed by atoms with van der Waals surface area (Å²) in [5, 5.41) is 0. The van der Waals surface area contributed by atoms with Crippen molar-refractivity contribution in [1.29, 1.82) is 0 Å². The molecule has 45 heavy (non-hydrogen) atoms. The first-order valence-electron chi connectivity index (χ1n) is 14.6. The number of hydrogen-bond acceptors (Lipinski definition) is 14. The van der Waals surface area contributed by atoms with E-state index in [1.54, 1.807) is 30.5 Å². The molecule has 0 saturated carbocycles. The number of ether oxygens (including phenoxy) is 10. The molecular formula is C31H43NO13. The Kier molecular flexibility index (Phi) is 21.6. The van der Waals surface area contributed by atoms with E-state index in [0.717, 1.165) is 0 Å². The maximum absolute atomic E-state index is 12.2. The minimum Gasteiger partial charge on any atom is -0.460 e. The van der Waals surface area contributed by atoms with Crippen LogP contribution in [0.25, 0.3) is 0 Å². The summed E-state index contributed by atoms with van der Waals surface area (Å²) in [6.07, 6.45) is 3.04. The number of nitrogens with zero attached hydrogens (tertiary/aromatic N) is 1. The molecule has 2 aromatic rings. The molecule has 0 N–H and O–H groups in total. The predicted octanol–water partition coefficient (Wildman–Crippen LogP) is 2.14. The minimum absolute atomic E-state index is 0.0574. The quantitative estimate of drug-likeness (QED) is 0.0797. The number of carbonyl (C=O) groups is 3. The number of para-hydroxylation sites is 1. The zero-order valence-corrected chi connectivity index (χ0v) is 25.7. The molecule has 0 radical (unpaired) electrons. The summed E-state index contributed by atoms with van der Waals surface area (Å²) >= 11 is 0. The fourth-order valence-electron chi connectivity index (χ4n) is 3.33. The zero-order valence-electron chi connectivity index (χ0n) is 25.7. The summed E-state index contributed by atoms with van der Waals surface area (Å²) in [4.78, 5) is 38.9. The van der Waals surface area contributed by atoms with Crippen LogP contribution in [-0.2, 0) is 47.4 Å². The Labute approximate surface area is 263 Å². The normalized spacial score (nSPS) is 10.9. The molecule has 0 atom stereocenters. The summed E-state index contributed by atoms with van der Waals surface area (Å²) in [7, 11) is 0. The van der Waals surface area contributed by atoms with Gasteiger partial charge in [-0.05, 0) is 24.3 Å². The van der Waals surface area contributed by atoms with Crippen LogP contribution < -0.4 is 4.74 Å². The molecule has 1 aromatic heterocycles. The van der Waals surface area contributed by atoms with Crippen molar-refractivity contribution >= 4 is 17.9 Å². The summed E-state index contributed by atoms with van der Waals surface area (Å²) in [6, 6.07) is 9.67. The third-order valence-corrected chi connectivity index (χ3v) is 5.41. The van der Waals surface area contributed by atoms with Gasteiger partial charge in [0, 0.05) is 19.3 Å². The summed E-state index contributed by atoms with van der Waals surface area (Å²) < 4.78 is 53.1. The number of rotatable bonds is 27. The molecule has 0 amide bonds. The fraction of sp³-hybridized carbons (Fsp3) is 0.548. The molecule has 14 nitrogen and oxygen atoms in total. The summed E-state index contributed by atoms with van der Waals surface area (Å²) in [5.74, 6) is -1.39. The minimum atomic E-state index is -0.596. The molecule has 1 aromatic carbocycles. The average molecular weight is 638 g/mol. The SMILES string of the molecule is CC(=O)Oc1ccccc1C(=O)OCCOCCOCCOCCOCCOCCOCCOCCOC(=O)c1cccnc1. The maximum Gasteiger partial charge on any atom is 0.342 e. The van der Waals surface area contributed by atoms with Crippen molar-refractivity contribution in [3.05, 3.63) is 59.9 Å². The molecule has 14 heteroatoms. The molecule has 0 bridgehead atoms. The molecule has 2 rings (SSSR count). The van der Waals surface area contributed by atoms with Gasteiger partial charge in [0.2, 0.25) is 0 Å². The van der Waals surface area contributed by atoms with Gasteiger partial charge in [0.1, 0.15) is 24.5 Å². The lowest BCUT2D eigenvalue weighted by Crippen LogP contribution is -2.16. The second kappa shape index (κ2) is 25.8. The van der Waals surface area contributed by atoms with Gasteiger partial charge in [-0.1, -0.05) is 12.1 Å². The second-order valence-electron chi connectivity index (χ2n) is 8.89. The van der Waals surface area contributed by atoms with E-state index in [1.807, 2.05) is 0 Å². The highest BCUT2D eigenvalue weighted by Gasteiger charge is 2.14. The Balaban J connectivity index is 1.24. The van der Waals surface area contributed by atoms with E-state index in [-0.39, 0.29) is 37.7 Å². The number of hydrogen-bond donors (Lipinski definition) is 0. The highest BCUT2D eigenvalue weighted by molar-refractivity contribution is 5.93. The summed E-state index contributed by atoms with van der Waals surface area (Å²) in [5.41, 5.74) is 0.578. The van der Waals surface area contributed by atoms with Crippen molar-refractivity contribution in [3.63, 3.8) is 0 Å². The highest BCUT2D eigenvalue weighted by atomic mass is 16.6. The van der Waals surface area contributed by atoms with Crippen LogP contribution in [0, 0.1) is 0 Å². The van der Waals surface area contributed by atoms with E-state index in [9.17, 15) is 14.4 Å². The Morgan fingerprint density at radius 1 is 0.533 bits per heavy atom. The van der Waals surface area contributed by atoms with Gasteiger partial charge in [-0.3, -0.25) is 9.78 Å². The lowest BCUT2D eigenvalue weighted by Gasteiger charge is -2.10. The number of pyridine rings is 1. The van der Waals surface area contributed by atoms with Gasteiger partial charge in [0.05, 0.1) is 98.1 Å². The van der Waals surface area contributed by atoms with Gasteiger partial charge in [-0.25, -0.2) is 9.59 Å². The molecule has 0 spiro atoms. The molecular weight excluding hydrogens is 594 g/mol. The molecule has 0 unspecified atom stereocenters. The van der Waals surface area contributed by atoms with Crippen LogP contribution in [0.3, 0.4) is 0 Å². The predicted molar refractivity (Wildman–Crippen MR) is 158 cm³/mol. The molecule has 1 heterocycles. The van der Waals surface area contributed by atoms with Crippen molar-refractivity contribution in [2.75, 3.05) is 106 Å². The van der Waals surface area contributed by atoms with Crippen molar-refractivity contribution in [2.45, 2.75) is 6.92 Å². The van der Waals surface area contributed by atoms with Crippen LogP contribution in [0.2, 0.25) is 0 Å². The number of carbonyl (C=O) groups excluding carboxylic acids is 3. The highest BCUT2D eigenvalue weighted by Crippen LogP contribution is 2.19. The van der Waals surface area contributed by atoms with Gasteiger partial charge >= 0.3 is 17.9 Å². The van der Waals surface area contributed by atoms with Gasteiger partial charge in [0.25, 0.3) is 0 Å². The zero-order chi connectivity index (χ0) is 32.2. The van der Waals surface area contributed by atoms with Crippen molar-refractivity contribution in [1.82, 2.24) is 4.98 Å². The van der Waals surface area contributed by atoms with Crippen LogP contribution in [-0.4, -0.2) is 129 Å². The lowest BCUT2D eigenvalue weighted by molar-refractivity contribution is -0.131. The van der Waals surface area contributed by atoms with Crippen molar-refractivity contribution < 1.29 is 61.8 Å². The van der Waals surface area contributed by atoms with E-state index in [0.29, 0.717) is 84.8 Å². The number of esters is 3. The molecule has 0 aliphatic rings. The topological polar surface area (TPSA) is 156 Å². The molecule has 0 fully saturated rings. The molecule has 0 saturated heterocycles. The lowest BCUT2D eigenvalue weighted by atomic mass is 10.2. The first kappa shape index (κ1) is 37.7. The molecule has 0 aliphatic carbocycles. The third kappa shape index (κ3) is 19.5. The van der Waals surface area contributed by atoms with E-state index >= 15 is 0 Å². The Morgan fingerprint density at radius 3 is 1.38 bits per heavy atom. The van der Waals surface area contributed by atoms with E-state index in [1.165, 1.54) is 25.3 Å². The summed E-state index contributed by atoms with van der Waals surface area (Å²) in [6.45, 7) is 7.02. The van der Waals surface area contributed by atoms with Crippen molar-refractivity contribution in [3.8, 4) is 5.75 Å². The average Bonchev–Trinajstić information content (AvgIpc) is 3.05. The fourth-order valence-corrected chi connectivity index (χ4v) is 3.33. The van der Waals surface area contributed by atoms with Gasteiger partial charge < -0.3 is 47.4 Å². The van der Waals surface area contributed by atoms with Crippen LogP contribution in [0.5, 0.6) is 5.75 Å². The second-order valence-corrected chi connectivity index (χ2v) is 8.89. The molecule has 0 aliphatic heterocycles. The first-order valence-corrected chi connectivity index (χ1v) is 14.6. The van der Waals surface area contributed by atoms with E-state index < -0.39 is 17.9 Å². The Bertz CT molecular complexity index is 1070. The third-order valence-electron chi connectivity index (χ3n) is 5.41. The van der Waals surface area contributed by atoms with E-state index in [2.05, 4.69) is 4.98 Å². The van der Waals surface area contributed by atoms with Gasteiger partial charge in [0.15, 0.2) is 0 Å². The Morgan fingerprint density at radius 2 is 0.956 bits per heavy atom. The van der Waals surface area contributed by atoms with Gasteiger partial charge in [-0.2, -0.15) is 0 Å². The largest absolute Gasteiger partial charge is 0.460 e. The van der Waals surface area contributed by atoms with Crippen LogP contribution in [0.1, 0.15) is 27.6 Å². The van der Waals surface area contributed by atoms with Crippen LogP contribution in [0.15, 0.2) is 48.8 Å². The Hall–Kier alpha value is -3.50. The van der Waals surface area contributed by atoms with Crippen LogP contribution >= 0.6 is 0 Å².